The maximum Gasteiger partial charge on any atom is 0.306 e. The zero-order valence-electron chi connectivity index (χ0n) is 24.3. The lowest BCUT2D eigenvalue weighted by molar-refractivity contribution is -0.140. The van der Waals surface area contributed by atoms with Crippen molar-refractivity contribution in [2.75, 3.05) is 35.0 Å². The Morgan fingerprint density at radius 3 is 2.24 bits per heavy atom. The Labute approximate surface area is 239 Å². The van der Waals surface area contributed by atoms with Crippen LogP contribution >= 0.6 is 0 Å². The Bertz CT molecular complexity index is 1450. The van der Waals surface area contributed by atoms with E-state index in [4.69, 9.17) is 28.1 Å². The number of carbonyl (C=O) groups excluding carboxylic acids is 1. The van der Waals surface area contributed by atoms with Crippen molar-refractivity contribution in [1.82, 2.24) is 4.90 Å². The molecule has 10 heteroatoms. The minimum absolute atomic E-state index is 0.0127. The van der Waals surface area contributed by atoms with Crippen LogP contribution in [0.5, 0.6) is 28.7 Å². The van der Waals surface area contributed by atoms with Gasteiger partial charge in [-0.3, -0.25) is 14.5 Å². The normalized spacial score (nSPS) is 13.8. The molecular formula is C31H37NO9. The van der Waals surface area contributed by atoms with Crippen LogP contribution in [0.15, 0.2) is 45.6 Å². The SMILES string of the molecule is COC(=O)C[C@@H](c1ccc(OC(C)C)c(OC)c1)c1oc(CN2CCc3cc(OC)c(OC)cc3C2)cc(=O)c1O. The molecule has 1 aromatic heterocycles. The first-order valence-electron chi connectivity index (χ1n) is 13.4. The smallest absolute Gasteiger partial charge is 0.306 e. The number of methoxy groups -OCH3 is 4. The molecule has 0 fully saturated rings. The summed E-state index contributed by atoms with van der Waals surface area (Å²) in [5, 5.41) is 10.8. The van der Waals surface area contributed by atoms with E-state index in [1.54, 1.807) is 32.4 Å². The van der Waals surface area contributed by atoms with Gasteiger partial charge in [0.1, 0.15) is 5.76 Å². The third-order valence-electron chi connectivity index (χ3n) is 7.04. The molecule has 0 unspecified atom stereocenters. The molecule has 0 amide bonds. The maximum atomic E-state index is 12.9. The lowest BCUT2D eigenvalue weighted by Crippen LogP contribution is -2.30. The highest BCUT2D eigenvalue weighted by molar-refractivity contribution is 5.71. The number of hydrogen-bond donors (Lipinski definition) is 1. The van der Waals surface area contributed by atoms with Gasteiger partial charge in [-0.2, -0.15) is 0 Å². The molecule has 4 rings (SSSR count). The minimum Gasteiger partial charge on any atom is -0.502 e. The summed E-state index contributed by atoms with van der Waals surface area (Å²) in [5.41, 5.74) is 2.26. The molecule has 1 atom stereocenters. The zero-order valence-corrected chi connectivity index (χ0v) is 24.3. The predicted molar refractivity (Wildman–Crippen MR) is 151 cm³/mol. The van der Waals surface area contributed by atoms with E-state index < -0.39 is 23.1 Å². The maximum absolute atomic E-state index is 12.9. The van der Waals surface area contributed by atoms with Gasteiger partial charge in [-0.1, -0.05) is 6.07 Å². The zero-order chi connectivity index (χ0) is 29.7. The van der Waals surface area contributed by atoms with Crippen LogP contribution in [0.3, 0.4) is 0 Å². The van der Waals surface area contributed by atoms with E-state index in [-0.39, 0.29) is 18.3 Å². The van der Waals surface area contributed by atoms with E-state index in [1.807, 2.05) is 26.0 Å². The van der Waals surface area contributed by atoms with Crippen molar-refractivity contribution in [3.63, 3.8) is 0 Å². The fourth-order valence-corrected chi connectivity index (χ4v) is 5.03. The standard InChI is InChI=1S/C31H37NO9/c1-18(2)40-25-8-7-20(12-26(25)36-3)23(15-29(34)39-6)31-30(35)24(33)14-22(41-31)17-32-10-9-19-11-27(37-4)28(38-5)13-21(19)16-32/h7-8,11-14,18,23,35H,9-10,15-17H2,1-6H3/t23-/m0/s1. The topological polar surface area (TPSA) is 117 Å². The Morgan fingerprint density at radius 2 is 1.61 bits per heavy atom. The molecule has 0 saturated heterocycles. The van der Waals surface area contributed by atoms with Gasteiger partial charge < -0.3 is 33.2 Å². The highest BCUT2D eigenvalue weighted by Crippen LogP contribution is 2.39. The molecule has 220 valence electrons. The third-order valence-corrected chi connectivity index (χ3v) is 7.04. The number of nitrogens with zero attached hydrogens (tertiary/aromatic N) is 1. The van der Waals surface area contributed by atoms with Crippen molar-refractivity contribution < 1.29 is 38.0 Å². The molecule has 2 aromatic carbocycles. The summed E-state index contributed by atoms with van der Waals surface area (Å²) in [6.45, 7) is 5.46. The highest BCUT2D eigenvalue weighted by Gasteiger charge is 2.28. The largest absolute Gasteiger partial charge is 0.502 e. The van der Waals surface area contributed by atoms with Crippen LogP contribution in [0.2, 0.25) is 0 Å². The second kappa shape index (κ2) is 13.0. The average molecular weight is 568 g/mol. The Morgan fingerprint density at radius 1 is 0.951 bits per heavy atom. The fraction of sp³-hybridized carbons (Fsp3) is 0.419. The monoisotopic (exact) mass is 567 g/mol. The number of fused-ring (bicyclic) bond motifs is 1. The van der Waals surface area contributed by atoms with Crippen LogP contribution in [0.4, 0.5) is 0 Å². The van der Waals surface area contributed by atoms with Crippen molar-refractivity contribution in [2.24, 2.45) is 0 Å². The van der Waals surface area contributed by atoms with Gasteiger partial charge in [0.25, 0.3) is 0 Å². The summed E-state index contributed by atoms with van der Waals surface area (Å²) in [7, 11) is 6.01. The molecule has 3 aromatic rings. The van der Waals surface area contributed by atoms with Gasteiger partial charge in [0.2, 0.25) is 11.2 Å². The molecule has 1 N–H and O–H groups in total. The second-order valence-electron chi connectivity index (χ2n) is 10.1. The molecule has 1 aliphatic heterocycles. The van der Waals surface area contributed by atoms with Crippen molar-refractivity contribution in [3.8, 4) is 28.7 Å². The summed E-state index contributed by atoms with van der Waals surface area (Å²) in [6, 6.07) is 10.4. The predicted octanol–water partition coefficient (Wildman–Crippen LogP) is 4.41. The summed E-state index contributed by atoms with van der Waals surface area (Å²) in [6.07, 6.45) is 0.535. The fourth-order valence-electron chi connectivity index (χ4n) is 5.03. The van der Waals surface area contributed by atoms with Gasteiger partial charge in [-0.15, -0.1) is 0 Å². The molecule has 0 aliphatic carbocycles. The number of carbonyl (C=O) groups is 1. The van der Waals surface area contributed by atoms with Crippen molar-refractivity contribution >= 4 is 5.97 Å². The number of benzene rings is 2. The van der Waals surface area contributed by atoms with E-state index in [1.165, 1.54) is 25.8 Å². The third kappa shape index (κ3) is 6.77. The number of hydrogen-bond acceptors (Lipinski definition) is 10. The van der Waals surface area contributed by atoms with Gasteiger partial charge in [0.15, 0.2) is 28.8 Å². The van der Waals surface area contributed by atoms with Crippen LogP contribution in [-0.2, 0) is 29.0 Å². The molecule has 0 saturated carbocycles. The first-order chi connectivity index (χ1) is 19.7. The lowest BCUT2D eigenvalue weighted by Gasteiger charge is -2.29. The van der Waals surface area contributed by atoms with Crippen molar-refractivity contribution in [1.29, 1.82) is 0 Å². The van der Waals surface area contributed by atoms with Crippen LogP contribution in [0.25, 0.3) is 0 Å². The van der Waals surface area contributed by atoms with E-state index in [2.05, 4.69) is 4.90 Å². The van der Waals surface area contributed by atoms with Gasteiger partial charge in [-0.25, -0.2) is 0 Å². The Hall–Kier alpha value is -4.18. The van der Waals surface area contributed by atoms with E-state index in [0.717, 1.165) is 18.5 Å². The molecule has 1 aliphatic rings. The van der Waals surface area contributed by atoms with Crippen LogP contribution in [0, 0.1) is 0 Å². The summed E-state index contributed by atoms with van der Waals surface area (Å²) < 4.78 is 33.3. The number of esters is 1. The van der Waals surface area contributed by atoms with Gasteiger partial charge in [0.05, 0.1) is 53.4 Å². The molecule has 41 heavy (non-hydrogen) atoms. The van der Waals surface area contributed by atoms with Crippen molar-refractivity contribution in [3.05, 3.63) is 74.8 Å². The lowest BCUT2D eigenvalue weighted by atomic mass is 9.91. The highest BCUT2D eigenvalue weighted by atomic mass is 16.5. The number of rotatable bonds is 11. The second-order valence-corrected chi connectivity index (χ2v) is 10.1. The Kier molecular flexibility index (Phi) is 9.44. The van der Waals surface area contributed by atoms with Crippen LogP contribution < -0.4 is 24.4 Å². The molecule has 0 bridgehead atoms. The molecule has 0 radical (unpaired) electrons. The molecule has 2 heterocycles. The first-order valence-corrected chi connectivity index (χ1v) is 13.4. The quantitative estimate of drug-likeness (QED) is 0.334. The van der Waals surface area contributed by atoms with Crippen molar-refractivity contribution in [2.45, 2.75) is 51.8 Å². The summed E-state index contributed by atoms with van der Waals surface area (Å²) in [5.74, 6) is 0.782. The van der Waals surface area contributed by atoms with Crippen LogP contribution in [0.1, 0.15) is 54.4 Å². The first kappa shape index (κ1) is 29.8. The van der Waals surface area contributed by atoms with Gasteiger partial charge >= 0.3 is 5.97 Å². The summed E-state index contributed by atoms with van der Waals surface area (Å²) >= 11 is 0. The van der Waals surface area contributed by atoms with Gasteiger partial charge in [0, 0.05) is 19.2 Å². The Balaban J connectivity index is 1.67. The van der Waals surface area contributed by atoms with Crippen LogP contribution in [-0.4, -0.2) is 57.1 Å². The van der Waals surface area contributed by atoms with Gasteiger partial charge in [-0.05, 0) is 61.2 Å². The average Bonchev–Trinajstić information content (AvgIpc) is 2.96. The van der Waals surface area contributed by atoms with E-state index in [0.29, 0.717) is 47.4 Å². The number of aromatic hydroxyl groups is 1. The molecule has 0 spiro atoms. The molecule has 10 nitrogen and oxygen atoms in total. The summed E-state index contributed by atoms with van der Waals surface area (Å²) in [4.78, 5) is 27.5. The molecular weight excluding hydrogens is 530 g/mol. The minimum atomic E-state index is -0.809. The van der Waals surface area contributed by atoms with E-state index >= 15 is 0 Å². The van der Waals surface area contributed by atoms with E-state index in [9.17, 15) is 14.7 Å². The number of ether oxygens (including phenoxy) is 5.